The number of anilines is 1. The molecule has 0 radical (unpaired) electrons. The molecule has 84 valence electrons. The number of aliphatic hydroxyl groups is 1. The molecule has 1 aromatic heterocycles. The molecule has 0 saturated heterocycles. The van der Waals surface area contributed by atoms with Crippen molar-refractivity contribution >= 4 is 17.4 Å². The minimum absolute atomic E-state index is 0.262. The van der Waals surface area contributed by atoms with Gasteiger partial charge in [0.15, 0.2) is 0 Å². The summed E-state index contributed by atoms with van der Waals surface area (Å²) in [6, 6.07) is 0. The van der Waals surface area contributed by atoms with Gasteiger partial charge in [0.25, 0.3) is 0 Å². The van der Waals surface area contributed by atoms with Crippen LogP contribution in [0.4, 0.5) is 5.82 Å². The van der Waals surface area contributed by atoms with Gasteiger partial charge < -0.3 is 10.4 Å². The number of halogens is 1. The van der Waals surface area contributed by atoms with E-state index >= 15 is 0 Å². The van der Waals surface area contributed by atoms with Crippen LogP contribution in [0, 0.1) is 5.92 Å². The zero-order chi connectivity index (χ0) is 11.3. The van der Waals surface area contributed by atoms with E-state index < -0.39 is 0 Å². The molecule has 15 heavy (non-hydrogen) atoms. The smallest absolute Gasteiger partial charge is 0.148 e. The summed E-state index contributed by atoms with van der Waals surface area (Å²) < 4.78 is 0. The number of nitrogens with zero attached hydrogens (tertiary/aromatic N) is 2. The highest BCUT2D eigenvalue weighted by molar-refractivity contribution is 6.32. The number of hydrogen-bond donors (Lipinski definition) is 2. The third kappa shape index (κ3) is 3.64. The minimum atomic E-state index is -0.388. The molecule has 5 heteroatoms. The van der Waals surface area contributed by atoms with Gasteiger partial charge in [-0.1, -0.05) is 31.9 Å². The zero-order valence-electron chi connectivity index (χ0n) is 8.94. The molecule has 0 aromatic carbocycles. The van der Waals surface area contributed by atoms with Crippen molar-refractivity contribution in [3.8, 4) is 0 Å². The monoisotopic (exact) mass is 229 g/mol. The molecule has 0 spiro atoms. The Bertz CT molecular complexity index is 308. The molecular weight excluding hydrogens is 214 g/mol. The average molecular weight is 230 g/mol. The van der Waals surface area contributed by atoms with Gasteiger partial charge in [-0.15, -0.1) is 0 Å². The molecule has 2 atom stereocenters. The topological polar surface area (TPSA) is 58.0 Å². The second-order valence-electron chi connectivity index (χ2n) is 3.55. The van der Waals surface area contributed by atoms with Crippen molar-refractivity contribution in [3.63, 3.8) is 0 Å². The molecule has 0 amide bonds. The van der Waals surface area contributed by atoms with Crippen LogP contribution in [0.5, 0.6) is 0 Å². The van der Waals surface area contributed by atoms with E-state index in [-0.39, 0.29) is 12.0 Å². The lowest BCUT2D eigenvalue weighted by Gasteiger charge is -2.17. The highest BCUT2D eigenvalue weighted by Gasteiger charge is 2.12. The van der Waals surface area contributed by atoms with Crippen LogP contribution in [0.25, 0.3) is 0 Å². The van der Waals surface area contributed by atoms with E-state index in [1.807, 2.05) is 13.8 Å². The molecule has 0 bridgehead atoms. The van der Waals surface area contributed by atoms with Crippen LogP contribution in [0.3, 0.4) is 0 Å². The zero-order valence-corrected chi connectivity index (χ0v) is 9.70. The Morgan fingerprint density at radius 3 is 2.93 bits per heavy atom. The summed E-state index contributed by atoms with van der Waals surface area (Å²) in [5, 5.41) is 13.2. The first kappa shape index (κ1) is 12.2. The van der Waals surface area contributed by atoms with Gasteiger partial charge in [-0.25, -0.2) is 9.97 Å². The van der Waals surface area contributed by atoms with Gasteiger partial charge in [0, 0.05) is 6.54 Å². The molecular formula is C10H16ClN3O. The maximum absolute atomic E-state index is 9.72. The fraction of sp³-hybridized carbons (Fsp3) is 0.600. The van der Waals surface area contributed by atoms with Crippen LogP contribution in [0.15, 0.2) is 12.5 Å². The maximum Gasteiger partial charge on any atom is 0.148 e. The predicted octanol–water partition coefficient (Wildman–Crippen LogP) is 1.95. The van der Waals surface area contributed by atoms with Crippen molar-refractivity contribution in [2.75, 3.05) is 11.9 Å². The summed E-state index contributed by atoms with van der Waals surface area (Å²) in [7, 11) is 0. The third-order valence-corrected chi connectivity index (χ3v) is 2.72. The molecule has 1 rings (SSSR count). The number of hydrogen-bond acceptors (Lipinski definition) is 4. The van der Waals surface area contributed by atoms with E-state index in [0.717, 1.165) is 6.42 Å². The standard InChI is InChI=1S/C10H16ClN3O/c1-3-7(2)9(15)5-13-10-8(11)4-12-6-14-10/h4,6-7,9,15H,3,5H2,1-2H3,(H,12,13,14). The van der Waals surface area contributed by atoms with Crippen molar-refractivity contribution in [3.05, 3.63) is 17.5 Å². The van der Waals surface area contributed by atoms with E-state index in [4.69, 9.17) is 11.6 Å². The largest absolute Gasteiger partial charge is 0.391 e. The molecule has 4 nitrogen and oxygen atoms in total. The average Bonchev–Trinajstić information content (AvgIpc) is 2.26. The van der Waals surface area contributed by atoms with Crippen LogP contribution < -0.4 is 5.32 Å². The number of aromatic nitrogens is 2. The van der Waals surface area contributed by atoms with Crippen molar-refractivity contribution < 1.29 is 5.11 Å². The molecule has 0 fully saturated rings. The predicted molar refractivity (Wildman–Crippen MR) is 61.0 cm³/mol. The molecule has 0 saturated carbocycles. The van der Waals surface area contributed by atoms with Crippen molar-refractivity contribution in [1.82, 2.24) is 9.97 Å². The van der Waals surface area contributed by atoms with Gasteiger partial charge in [-0.3, -0.25) is 0 Å². The Labute approximate surface area is 94.7 Å². The summed E-state index contributed by atoms with van der Waals surface area (Å²) in [5.41, 5.74) is 0. The van der Waals surface area contributed by atoms with Crippen LogP contribution in [0.1, 0.15) is 20.3 Å². The Hall–Kier alpha value is -0.870. The Kier molecular flexibility index (Phi) is 4.78. The summed E-state index contributed by atoms with van der Waals surface area (Å²) in [6.45, 7) is 4.51. The van der Waals surface area contributed by atoms with Gasteiger partial charge in [-0.2, -0.15) is 0 Å². The lowest BCUT2D eigenvalue weighted by atomic mass is 10.0. The number of rotatable bonds is 5. The fourth-order valence-electron chi connectivity index (χ4n) is 1.12. The minimum Gasteiger partial charge on any atom is -0.391 e. The molecule has 0 aliphatic rings. The normalized spacial score (nSPS) is 14.7. The molecule has 1 aromatic rings. The van der Waals surface area contributed by atoms with Crippen LogP contribution in [-0.4, -0.2) is 27.7 Å². The van der Waals surface area contributed by atoms with Crippen LogP contribution >= 0.6 is 11.6 Å². The first-order chi connectivity index (χ1) is 7.15. The first-order valence-corrected chi connectivity index (χ1v) is 5.40. The number of aliphatic hydroxyl groups excluding tert-OH is 1. The summed E-state index contributed by atoms with van der Waals surface area (Å²) in [4.78, 5) is 7.75. The Balaban J connectivity index is 2.47. The fourth-order valence-corrected chi connectivity index (χ4v) is 1.29. The SMILES string of the molecule is CCC(C)C(O)CNc1ncncc1Cl. The Morgan fingerprint density at radius 2 is 2.33 bits per heavy atom. The molecule has 0 aliphatic carbocycles. The highest BCUT2D eigenvalue weighted by atomic mass is 35.5. The molecule has 2 N–H and O–H groups in total. The van der Waals surface area contributed by atoms with Crippen molar-refractivity contribution in [2.24, 2.45) is 5.92 Å². The van der Waals surface area contributed by atoms with Crippen LogP contribution in [0.2, 0.25) is 5.02 Å². The summed E-state index contributed by atoms with van der Waals surface area (Å²) in [6.07, 6.45) is 3.50. The first-order valence-electron chi connectivity index (χ1n) is 5.02. The van der Waals surface area contributed by atoms with Crippen molar-refractivity contribution in [1.29, 1.82) is 0 Å². The maximum atomic E-state index is 9.72. The quantitative estimate of drug-likeness (QED) is 0.810. The van der Waals surface area contributed by atoms with E-state index in [0.29, 0.717) is 17.4 Å². The van der Waals surface area contributed by atoms with Gasteiger partial charge >= 0.3 is 0 Å². The van der Waals surface area contributed by atoms with Crippen LogP contribution in [-0.2, 0) is 0 Å². The molecule has 2 unspecified atom stereocenters. The highest BCUT2D eigenvalue weighted by Crippen LogP contribution is 2.16. The van der Waals surface area contributed by atoms with E-state index in [9.17, 15) is 5.11 Å². The molecule has 0 aliphatic heterocycles. The van der Waals surface area contributed by atoms with E-state index in [2.05, 4.69) is 15.3 Å². The lowest BCUT2D eigenvalue weighted by Crippen LogP contribution is -2.26. The van der Waals surface area contributed by atoms with Gasteiger partial charge in [0.05, 0.1) is 12.3 Å². The third-order valence-electron chi connectivity index (χ3n) is 2.45. The van der Waals surface area contributed by atoms with E-state index in [1.54, 1.807) is 0 Å². The van der Waals surface area contributed by atoms with Gasteiger partial charge in [0.1, 0.15) is 17.2 Å². The molecule has 1 heterocycles. The van der Waals surface area contributed by atoms with Crippen molar-refractivity contribution in [2.45, 2.75) is 26.4 Å². The lowest BCUT2D eigenvalue weighted by molar-refractivity contribution is 0.126. The summed E-state index contributed by atoms with van der Waals surface area (Å²) in [5.74, 6) is 0.826. The van der Waals surface area contributed by atoms with Gasteiger partial charge in [0.2, 0.25) is 0 Å². The second-order valence-corrected chi connectivity index (χ2v) is 3.96. The van der Waals surface area contributed by atoms with E-state index in [1.165, 1.54) is 12.5 Å². The Morgan fingerprint density at radius 1 is 1.60 bits per heavy atom. The summed E-state index contributed by atoms with van der Waals surface area (Å²) >= 11 is 5.85. The van der Waals surface area contributed by atoms with Gasteiger partial charge in [-0.05, 0) is 5.92 Å². The number of nitrogens with one attached hydrogen (secondary N) is 1. The second kappa shape index (κ2) is 5.88.